The fourth-order valence-electron chi connectivity index (χ4n) is 2.61. The van der Waals surface area contributed by atoms with Crippen molar-refractivity contribution in [1.29, 1.82) is 0 Å². The number of nitrogens with one attached hydrogen (secondary N) is 1. The molecule has 2 rings (SSSR count). The molecule has 4 nitrogen and oxygen atoms in total. The van der Waals surface area contributed by atoms with Crippen LogP contribution in [0.25, 0.3) is 0 Å². The summed E-state index contributed by atoms with van der Waals surface area (Å²) in [5.74, 6) is -0.106. The number of carbonyl (C=O) groups is 1. The number of carbonyl (C=O) groups excluding carboxylic acids is 1. The minimum absolute atomic E-state index is 0.308. The van der Waals surface area contributed by atoms with Crippen LogP contribution in [0.5, 0.6) is 0 Å². The van der Waals surface area contributed by atoms with Crippen LogP contribution in [0.2, 0.25) is 0 Å². The van der Waals surface area contributed by atoms with Crippen molar-refractivity contribution in [1.82, 2.24) is 5.32 Å². The highest BCUT2D eigenvalue weighted by molar-refractivity contribution is 5.87. The van der Waals surface area contributed by atoms with Crippen molar-refractivity contribution in [2.45, 2.75) is 45.7 Å². The van der Waals surface area contributed by atoms with Gasteiger partial charge in [-0.1, -0.05) is 13.8 Å². The van der Waals surface area contributed by atoms with Crippen molar-refractivity contribution < 1.29 is 13.9 Å². The molecule has 1 atom stereocenters. The minimum atomic E-state index is -0.413. The van der Waals surface area contributed by atoms with Gasteiger partial charge in [0.1, 0.15) is 0 Å². The summed E-state index contributed by atoms with van der Waals surface area (Å²) in [6.07, 6.45) is 5.15. The van der Waals surface area contributed by atoms with E-state index in [1.54, 1.807) is 0 Å². The summed E-state index contributed by atoms with van der Waals surface area (Å²) in [4.78, 5) is 11.5. The van der Waals surface area contributed by atoms with Crippen LogP contribution in [-0.4, -0.2) is 19.1 Å². The Bertz CT molecular complexity index is 422. The van der Waals surface area contributed by atoms with E-state index in [-0.39, 0.29) is 0 Å². The van der Waals surface area contributed by atoms with E-state index in [2.05, 4.69) is 23.9 Å². The third kappa shape index (κ3) is 2.93. The molecule has 4 heteroatoms. The zero-order chi connectivity index (χ0) is 13.2. The van der Waals surface area contributed by atoms with Gasteiger partial charge in [0.15, 0.2) is 0 Å². The number of rotatable bonds is 4. The molecule has 1 aromatic heterocycles. The predicted octanol–water partition coefficient (Wildman–Crippen LogP) is 2.73. The largest absolute Gasteiger partial charge is 0.463 e. The Morgan fingerprint density at radius 3 is 3.00 bits per heavy atom. The fraction of sp³-hybridized carbons (Fsp3) is 0.643. The molecule has 0 bridgehead atoms. The Balaban J connectivity index is 1.91. The topological polar surface area (TPSA) is 51.5 Å². The molecule has 1 N–H and O–H groups in total. The summed E-state index contributed by atoms with van der Waals surface area (Å²) in [5.41, 5.74) is 1.30. The number of furan rings is 1. The van der Waals surface area contributed by atoms with E-state index >= 15 is 0 Å². The van der Waals surface area contributed by atoms with Gasteiger partial charge < -0.3 is 14.5 Å². The van der Waals surface area contributed by atoms with Gasteiger partial charge in [-0.05, 0) is 30.7 Å². The number of hydrogen-bond acceptors (Lipinski definition) is 4. The van der Waals surface area contributed by atoms with Gasteiger partial charge in [0.2, 0.25) is 5.76 Å². The summed E-state index contributed by atoms with van der Waals surface area (Å²) < 4.78 is 9.84. The molecule has 0 aromatic carbocycles. The summed E-state index contributed by atoms with van der Waals surface area (Å²) in [7, 11) is 1.36. The molecule has 0 amide bonds. The first kappa shape index (κ1) is 13.1. The lowest BCUT2D eigenvalue weighted by molar-refractivity contribution is 0.0563. The zero-order valence-electron chi connectivity index (χ0n) is 11.3. The minimum Gasteiger partial charge on any atom is -0.463 e. The third-order valence-corrected chi connectivity index (χ3v) is 3.67. The van der Waals surface area contributed by atoms with Gasteiger partial charge in [-0.3, -0.25) is 0 Å². The van der Waals surface area contributed by atoms with Crippen LogP contribution in [0.3, 0.4) is 0 Å². The molecule has 0 spiro atoms. The molecule has 1 saturated carbocycles. The maximum Gasteiger partial charge on any atom is 0.374 e. The standard InChI is InChI=1S/C14H21NO3/c1-14(2)6-4-11(8-14)15-9-10-5-7-18-12(10)13(16)17-3/h5,7,11,15H,4,6,8-9H2,1-3H3. The van der Waals surface area contributed by atoms with E-state index in [9.17, 15) is 4.79 Å². The van der Waals surface area contributed by atoms with Crippen LogP contribution in [0, 0.1) is 5.41 Å². The lowest BCUT2D eigenvalue weighted by Gasteiger charge is -2.17. The molecule has 1 unspecified atom stereocenters. The summed E-state index contributed by atoms with van der Waals surface area (Å²) in [6.45, 7) is 5.25. The van der Waals surface area contributed by atoms with E-state index in [0.717, 1.165) is 5.56 Å². The highest BCUT2D eigenvalue weighted by Gasteiger charge is 2.30. The maximum atomic E-state index is 11.5. The molecule has 1 aliphatic carbocycles. The maximum absolute atomic E-state index is 11.5. The lowest BCUT2D eigenvalue weighted by Crippen LogP contribution is -2.27. The number of ether oxygens (including phenoxy) is 1. The van der Waals surface area contributed by atoms with Crippen LogP contribution in [0.4, 0.5) is 0 Å². The van der Waals surface area contributed by atoms with Crippen LogP contribution in [0.1, 0.15) is 49.2 Å². The van der Waals surface area contributed by atoms with Gasteiger partial charge in [0.25, 0.3) is 0 Å². The lowest BCUT2D eigenvalue weighted by atomic mass is 9.92. The number of esters is 1. The average molecular weight is 251 g/mol. The fourth-order valence-corrected chi connectivity index (χ4v) is 2.61. The molecule has 1 fully saturated rings. The second kappa shape index (κ2) is 5.14. The zero-order valence-corrected chi connectivity index (χ0v) is 11.3. The first-order valence-corrected chi connectivity index (χ1v) is 6.40. The van der Waals surface area contributed by atoms with E-state index < -0.39 is 5.97 Å². The molecule has 100 valence electrons. The molecule has 0 saturated heterocycles. The van der Waals surface area contributed by atoms with E-state index in [0.29, 0.717) is 23.8 Å². The highest BCUT2D eigenvalue weighted by atomic mass is 16.5. The van der Waals surface area contributed by atoms with Gasteiger partial charge in [0.05, 0.1) is 13.4 Å². The molecule has 0 aliphatic heterocycles. The Kier molecular flexibility index (Phi) is 3.76. The smallest absolute Gasteiger partial charge is 0.374 e. The normalized spacial score (nSPS) is 22.1. The molecule has 0 radical (unpaired) electrons. The molecular formula is C14H21NO3. The Hall–Kier alpha value is -1.29. The van der Waals surface area contributed by atoms with E-state index in [1.807, 2.05) is 6.07 Å². The van der Waals surface area contributed by atoms with Crippen LogP contribution in [-0.2, 0) is 11.3 Å². The van der Waals surface area contributed by atoms with Crippen molar-refractivity contribution in [3.05, 3.63) is 23.7 Å². The van der Waals surface area contributed by atoms with Gasteiger partial charge >= 0.3 is 5.97 Å². The SMILES string of the molecule is COC(=O)c1occc1CNC1CCC(C)(C)C1. The number of methoxy groups -OCH3 is 1. The molecule has 1 aromatic rings. The average Bonchev–Trinajstić information content (AvgIpc) is 2.91. The van der Waals surface area contributed by atoms with Gasteiger partial charge in [-0.15, -0.1) is 0 Å². The third-order valence-electron chi connectivity index (χ3n) is 3.67. The quantitative estimate of drug-likeness (QED) is 0.836. The summed E-state index contributed by atoms with van der Waals surface area (Å²) >= 11 is 0. The molecule has 18 heavy (non-hydrogen) atoms. The Labute approximate surface area is 108 Å². The van der Waals surface area contributed by atoms with Gasteiger partial charge in [-0.2, -0.15) is 0 Å². The van der Waals surface area contributed by atoms with Crippen LogP contribution in [0.15, 0.2) is 16.7 Å². The number of hydrogen-bond donors (Lipinski definition) is 1. The highest BCUT2D eigenvalue weighted by Crippen LogP contribution is 2.37. The van der Waals surface area contributed by atoms with E-state index in [1.165, 1.54) is 32.6 Å². The monoisotopic (exact) mass is 251 g/mol. The van der Waals surface area contributed by atoms with Gasteiger partial charge in [-0.25, -0.2) is 4.79 Å². The first-order valence-electron chi connectivity index (χ1n) is 6.40. The van der Waals surface area contributed by atoms with Crippen molar-refractivity contribution in [2.24, 2.45) is 5.41 Å². The van der Waals surface area contributed by atoms with Gasteiger partial charge in [0, 0.05) is 18.2 Å². The summed E-state index contributed by atoms with van der Waals surface area (Å²) in [5, 5.41) is 3.49. The second-order valence-corrected chi connectivity index (χ2v) is 5.75. The van der Waals surface area contributed by atoms with Crippen molar-refractivity contribution in [3.8, 4) is 0 Å². The Morgan fingerprint density at radius 2 is 2.39 bits per heavy atom. The molecule has 1 heterocycles. The Morgan fingerprint density at radius 1 is 1.61 bits per heavy atom. The van der Waals surface area contributed by atoms with E-state index in [4.69, 9.17) is 4.42 Å². The van der Waals surface area contributed by atoms with Crippen LogP contribution >= 0.6 is 0 Å². The second-order valence-electron chi connectivity index (χ2n) is 5.75. The van der Waals surface area contributed by atoms with Crippen molar-refractivity contribution >= 4 is 5.97 Å². The summed E-state index contributed by atoms with van der Waals surface area (Å²) in [6, 6.07) is 2.35. The van der Waals surface area contributed by atoms with Crippen molar-refractivity contribution in [3.63, 3.8) is 0 Å². The predicted molar refractivity (Wildman–Crippen MR) is 68.3 cm³/mol. The van der Waals surface area contributed by atoms with Crippen LogP contribution < -0.4 is 5.32 Å². The van der Waals surface area contributed by atoms with Crippen molar-refractivity contribution in [2.75, 3.05) is 7.11 Å². The first-order chi connectivity index (χ1) is 8.52. The molecular weight excluding hydrogens is 230 g/mol. The molecule has 1 aliphatic rings.